The largest absolute Gasteiger partial charge is 0.347 e. The highest BCUT2D eigenvalue weighted by molar-refractivity contribution is 7.73. The normalized spacial score (nSPS) is 16.0. The van der Waals surface area contributed by atoms with Crippen molar-refractivity contribution in [3.05, 3.63) is 3.95 Å². The molecule has 1 aromatic heterocycles. The maximum absolute atomic E-state index is 9.08. The fraction of sp³-hybridized carbons (Fsp3) is 0.667. The highest BCUT2D eigenvalue weighted by atomic mass is 32.1. The minimum absolute atomic E-state index is 0.195. The molecule has 0 bridgehead atoms. The molecular weight excluding hydrogens is 278 g/mol. The lowest BCUT2D eigenvalue weighted by molar-refractivity contribution is 0.473. The van der Waals surface area contributed by atoms with Gasteiger partial charge in [-0.05, 0) is 31.5 Å². The molecule has 0 aliphatic carbocycles. The molecule has 0 aromatic carbocycles. The van der Waals surface area contributed by atoms with E-state index in [0.717, 1.165) is 18.2 Å². The number of aromatic nitrogens is 2. The second-order valence-corrected chi connectivity index (χ2v) is 6.15. The zero-order valence-corrected chi connectivity index (χ0v) is 12.2. The van der Waals surface area contributed by atoms with Crippen molar-refractivity contribution in [1.29, 1.82) is 10.5 Å². The van der Waals surface area contributed by atoms with Crippen LogP contribution in [0.1, 0.15) is 25.7 Å². The van der Waals surface area contributed by atoms with E-state index in [4.69, 9.17) is 22.7 Å². The predicted molar refractivity (Wildman–Crippen MR) is 76.3 cm³/mol. The second-order valence-electron chi connectivity index (χ2n) is 4.55. The summed E-state index contributed by atoms with van der Waals surface area (Å²) in [4.78, 5) is 2.24. The van der Waals surface area contributed by atoms with E-state index in [1.54, 1.807) is 4.68 Å². The summed E-state index contributed by atoms with van der Waals surface area (Å²) in [6, 6.07) is 4.29. The minimum Gasteiger partial charge on any atom is -0.347 e. The first-order chi connectivity index (χ1) is 9.24. The molecule has 1 aliphatic heterocycles. The Bertz CT molecular complexity index is 556. The summed E-state index contributed by atoms with van der Waals surface area (Å²) in [7, 11) is 0. The lowest BCUT2D eigenvalue weighted by Crippen LogP contribution is -2.18. The molecular formula is C12H15N5S2. The van der Waals surface area contributed by atoms with Crippen LogP contribution in [-0.2, 0) is 6.54 Å². The van der Waals surface area contributed by atoms with Gasteiger partial charge in [0.05, 0.1) is 24.6 Å². The Labute approximate surface area is 121 Å². The lowest BCUT2D eigenvalue weighted by atomic mass is 10.1. The van der Waals surface area contributed by atoms with Crippen LogP contribution in [-0.4, -0.2) is 22.9 Å². The van der Waals surface area contributed by atoms with Gasteiger partial charge in [0.2, 0.25) is 5.13 Å². The van der Waals surface area contributed by atoms with E-state index in [9.17, 15) is 0 Å². The Morgan fingerprint density at radius 1 is 1.37 bits per heavy atom. The molecule has 1 fully saturated rings. The van der Waals surface area contributed by atoms with Gasteiger partial charge in [-0.1, -0.05) is 11.3 Å². The van der Waals surface area contributed by atoms with Crippen LogP contribution in [0, 0.1) is 32.5 Å². The Kier molecular flexibility index (Phi) is 4.89. The maximum Gasteiger partial charge on any atom is 0.207 e. The van der Waals surface area contributed by atoms with Gasteiger partial charge in [-0.25, -0.2) is 4.68 Å². The molecule has 1 aromatic rings. The number of hydrogen-bond donors (Lipinski definition) is 0. The van der Waals surface area contributed by atoms with Crippen molar-refractivity contribution in [1.82, 2.24) is 9.78 Å². The maximum atomic E-state index is 9.08. The smallest absolute Gasteiger partial charge is 0.207 e. The van der Waals surface area contributed by atoms with E-state index in [0.29, 0.717) is 23.3 Å². The third-order valence-corrected chi connectivity index (χ3v) is 4.52. The first-order valence-electron chi connectivity index (χ1n) is 6.34. The number of rotatable bonds is 5. The highest BCUT2D eigenvalue weighted by Gasteiger charge is 2.18. The van der Waals surface area contributed by atoms with Crippen molar-refractivity contribution in [2.45, 2.75) is 32.2 Å². The van der Waals surface area contributed by atoms with E-state index < -0.39 is 0 Å². The lowest BCUT2D eigenvalue weighted by Gasteiger charge is -2.12. The van der Waals surface area contributed by atoms with Gasteiger partial charge < -0.3 is 4.90 Å². The highest BCUT2D eigenvalue weighted by Crippen LogP contribution is 2.24. The van der Waals surface area contributed by atoms with Crippen LogP contribution in [0.4, 0.5) is 5.13 Å². The Morgan fingerprint density at radius 3 is 2.74 bits per heavy atom. The number of nitrogens with zero attached hydrogens (tertiary/aromatic N) is 5. The number of hydrogen-bond acceptors (Lipinski definition) is 6. The van der Waals surface area contributed by atoms with Crippen LogP contribution in [0.15, 0.2) is 0 Å². The van der Waals surface area contributed by atoms with Gasteiger partial charge in [-0.15, -0.1) is 5.10 Å². The van der Waals surface area contributed by atoms with Crippen molar-refractivity contribution in [3.8, 4) is 12.1 Å². The zero-order chi connectivity index (χ0) is 13.7. The molecule has 2 rings (SSSR count). The molecule has 0 unspecified atom stereocenters. The van der Waals surface area contributed by atoms with Crippen molar-refractivity contribution < 1.29 is 0 Å². The van der Waals surface area contributed by atoms with Crippen molar-refractivity contribution in [2.75, 3.05) is 18.0 Å². The van der Waals surface area contributed by atoms with E-state index in [-0.39, 0.29) is 5.92 Å². The summed E-state index contributed by atoms with van der Waals surface area (Å²) in [6.07, 6.45) is 3.38. The van der Waals surface area contributed by atoms with E-state index in [1.807, 2.05) is 0 Å². The summed E-state index contributed by atoms with van der Waals surface area (Å²) >= 11 is 6.81. The Hall–Kier alpha value is -1.44. The van der Waals surface area contributed by atoms with Crippen LogP contribution < -0.4 is 4.90 Å². The van der Waals surface area contributed by atoms with Gasteiger partial charge >= 0.3 is 0 Å². The topological polar surface area (TPSA) is 68.6 Å². The summed E-state index contributed by atoms with van der Waals surface area (Å²) in [5.41, 5.74) is 0. The standard InChI is InChI=1S/C12H15N5S2/c13-5-3-4-10(8-14)9-17-12(18)19-11(15-17)16-6-1-2-7-16/h10H,1-4,6-7,9H2/t10-/m1/s1. The molecule has 1 atom stereocenters. The summed E-state index contributed by atoms with van der Waals surface area (Å²) in [6.45, 7) is 2.57. The zero-order valence-electron chi connectivity index (χ0n) is 10.6. The van der Waals surface area contributed by atoms with Crippen LogP contribution in [0.3, 0.4) is 0 Å². The van der Waals surface area contributed by atoms with Crippen LogP contribution in [0.5, 0.6) is 0 Å². The Morgan fingerprint density at radius 2 is 2.11 bits per heavy atom. The van der Waals surface area contributed by atoms with Gasteiger partial charge in [0.1, 0.15) is 0 Å². The fourth-order valence-corrected chi connectivity index (χ4v) is 3.26. The molecule has 7 heteroatoms. The van der Waals surface area contributed by atoms with Gasteiger partial charge in [0.25, 0.3) is 0 Å². The summed E-state index contributed by atoms with van der Waals surface area (Å²) in [5.74, 6) is -0.195. The quantitative estimate of drug-likeness (QED) is 0.781. The van der Waals surface area contributed by atoms with E-state index in [1.165, 1.54) is 24.2 Å². The van der Waals surface area contributed by atoms with Crippen LogP contribution in [0.25, 0.3) is 0 Å². The average Bonchev–Trinajstić information content (AvgIpc) is 3.04. The minimum atomic E-state index is -0.195. The average molecular weight is 293 g/mol. The molecule has 0 saturated carbocycles. The number of nitriles is 2. The first kappa shape index (κ1) is 14.0. The molecule has 1 aliphatic rings. The van der Waals surface area contributed by atoms with E-state index in [2.05, 4.69) is 22.1 Å². The monoisotopic (exact) mass is 293 g/mol. The molecule has 5 nitrogen and oxygen atoms in total. The van der Waals surface area contributed by atoms with E-state index >= 15 is 0 Å². The fourth-order valence-electron chi connectivity index (χ4n) is 2.09. The predicted octanol–water partition coefficient (Wildman–Crippen LogP) is 2.72. The second kappa shape index (κ2) is 6.65. The third kappa shape index (κ3) is 3.52. The molecule has 100 valence electrons. The summed E-state index contributed by atoms with van der Waals surface area (Å²) in [5, 5.41) is 23.1. The molecule has 0 spiro atoms. The van der Waals surface area contributed by atoms with Crippen LogP contribution >= 0.6 is 23.6 Å². The van der Waals surface area contributed by atoms with Crippen molar-refractivity contribution >= 4 is 28.7 Å². The molecule has 1 saturated heterocycles. The Balaban J connectivity index is 2.06. The van der Waals surface area contributed by atoms with Crippen LogP contribution in [0.2, 0.25) is 0 Å². The van der Waals surface area contributed by atoms with Gasteiger partial charge in [-0.3, -0.25) is 0 Å². The molecule has 2 heterocycles. The van der Waals surface area contributed by atoms with Gasteiger partial charge in [0, 0.05) is 19.5 Å². The number of anilines is 1. The first-order valence-corrected chi connectivity index (χ1v) is 7.56. The molecule has 0 radical (unpaired) electrons. The van der Waals surface area contributed by atoms with Crippen molar-refractivity contribution in [3.63, 3.8) is 0 Å². The van der Waals surface area contributed by atoms with Crippen molar-refractivity contribution in [2.24, 2.45) is 5.92 Å². The molecule has 19 heavy (non-hydrogen) atoms. The SMILES string of the molecule is N#CCC[C@H](C#N)Cn1nc(N2CCCC2)sc1=S. The third-order valence-electron chi connectivity index (χ3n) is 3.15. The molecule has 0 amide bonds. The molecule has 0 N–H and O–H groups in total. The van der Waals surface area contributed by atoms with Gasteiger partial charge in [0.15, 0.2) is 3.95 Å². The van der Waals surface area contributed by atoms with Gasteiger partial charge in [-0.2, -0.15) is 10.5 Å². The summed E-state index contributed by atoms with van der Waals surface area (Å²) < 4.78 is 2.44.